The standard InChI is InChI=1S/C20H26ClN7O/c1-22-20(23-12-18-25-24-17-4-2-3-9-28(17)18)27-11-10-26(19(29)14-27)13-15-5-7-16(21)8-6-15/h5-8H,2-4,9-14H2,1H3,(H,22,23). The Labute approximate surface area is 175 Å². The summed E-state index contributed by atoms with van der Waals surface area (Å²) in [5.41, 5.74) is 1.08. The van der Waals surface area contributed by atoms with E-state index >= 15 is 0 Å². The number of nitrogens with one attached hydrogen (secondary N) is 1. The van der Waals surface area contributed by atoms with E-state index in [0.717, 1.165) is 49.1 Å². The smallest absolute Gasteiger partial charge is 0.242 e. The van der Waals surface area contributed by atoms with E-state index in [2.05, 4.69) is 25.1 Å². The minimum absolute atomic E-state index is 0.0917. The number of aromatic nitrogens is 3. The van der Waals surface area contributed by atoms with Crippen LogP contribution in [0, 0.1) is 0 Å². The summed E-state index contributed by atoms with van der Waals surface area (Å²) in [5, 5.41) is 12.7. The number of piperazine rings is 1. The second kappa shape index (κ2) is 8.82. The number of halogens is 1. The monoisotopic (exact) mass is 415 g/mol. The molecule has 9 heteroatoms. The fraction of sp³-hybridized carbons (Fsp3) is 0.500. The number of guanidine groups is 1. The molecule has 1 amide bonds. The molecule has 29 heavy (non-hydrogen) atoms. The van der Waals surface area contributed by atoms with Crippen LogP contribution in [0.15, 0.2) is 29.3 Å². The number of carbonyl (C=O) groups excluding carboxylic acids is 1. The van der Waals surface area contributed by atoms with Gasteiger partial charge in [0.25, 0.3) is 0 Å². The van der Waals surface area contributed by atoms with Crippen molar-refractivity contribution in [1.82, 2.24) is 29.9 Å². The van der Waals surface area contributed by atoms with Gasteiger partial charge in [0.05, 0.1) is 13.1 Å². The number of hydrogen-bond acceptors (Lipinski definition) is 4. The number of benzene rings is 1. The molecule has 0 aliphatic carbocycles. The van der Waals surface area contributed by atoms with Crippen LogP contribution in [0.3, 0.4) is 0 Å². The first kappa shape index (κ1) is 19.7. The molecule has 2 aromatic rings. The van der Waals surface area contributed by atoms with Crippen molar-refractivity contribution in [3.63, 3.8) is 0 Å². The van der Waals surface area contributed by atoms with Gasteiger partial charge in [-0.3, -0.25) is 9.79 Å². The molecule has 0 unspecified atom stereocenters. The van der Waals surface area contributed by atoms with Gasteiger partial charge in [0.15, 0.2) is 11.8 Å². The Bertz CT molecular complexity index is 893. The third-order valence-electron chi connectivity index (χ3n) is 5.46. The van der Waals surface area contributed by atoms with E-state index in [1.165, 1.54) is 6.42 Å². The van der Waals surface area contributed by atoms with Gasteiger partial charge in [0.2, 0.25) is 5.91 Å². The number of aliphatic imine (C=N–C) groups is 1. The Hall–Kier alpha value is -2.61. The van der Waals surface area contributed by atoms with Crippen LogP contribution in [0.4, 0.5) is 0 Å². The molecule has 0 atom stereocenters. The molecule has 0 radical (unpaired) electrons. The maximum atomic E-state index is 12.7. The van der Waals surface area contributed by atoms with Crippen molar-refractivity contribution in [1.29, 1.82) is 0 Å². The SMILES string of the molecule is CN=C(NCc1nnc2n1CCCC2)N1CCN(Cc2ccc(Cl)cc2)C(=O)C1. The Morgan fingerprint density at radius 1 is 1.17 bits per heavy atom. The molecule has 3 heterocycles. The molecule has 0 bridgehead atoms. The zero-order valence-electron chi connectivity index (χ0n) is 16.6. The molecule has 4 rings (SSSR count). The molecule has 2 aliphatic heterocycles. The van der Waals surface area contributed by atoms with E-state index in [9.17, 15) is 4.79 Å². The quantitative estimate of drug-likeness (QED) is 0.607. The Morgan fingerprint density at radius 3 is 2.76 bits per heavy atom. The minimum atomic E-state index is 0.0917. The van der Waals surface area contributed by atoms with E-state index in [-0.39, 0.29) is 5.91 Å². The van der Waals surface area contributed by atoms with Crippen LogP contribution in [0.5, 0.6) is 0 Å². The van der Waals surface area contributed by atoms with E-state index in [4.69, 9.17) is 11.6 Å². The van der Waals surface area contributed by atoms with Gasteiger partial charge >= 0.3 is 0 Å². The van der Waals surface area contributed by atoms with Gasteiger partial charge in [-0.25, -0.2) is 0 Å². The fourth-order valence-electron chi connectivity index (χ4n) is 3.86. The van der Waals surface area contributed by atoms with Crippen molar-refractivity contribution in [2.24, 2.45) is 4.99 Å². The first-order valence-corrected chi connectivity index (χ1v) is 10.4. The summed E-state index contributed by atoms with van der Waals surface area (Å²) in [6, 6.07) is 7.63. The average molecular weight is 416 g/mol. The highest BCUT2D eigenvalue weighted by atomic mass is 35.5. The lowest BCUT2D eigenvalue weighted by molar-refractivity contribution is -0.135. The maximum Gasteiger partial charge on any atom is 0.242 e. The largest absolute Gasteiger partial charge is 0.349 e. The lowest BCUT2D eigenvalue weighted by Gasteiger charge is -2.36. The molecule has 1 saturated heterocycles. The van der Waals surface area contributed by atoms with Gasteiger partial charge in [-0.2, -0.15) is 0 Å². The van der Waals surface area contributed by atoms with Crippen LogP contribution >= 0.6 is 11.6 Å². The van der Waals surface area contributed by atoms with E-state index in [0.29, 0.717) is 31.2 Å². The predicted molar refractivity (Wildman–Crippen MR) is 112 cm³/mol. The zero-order chi connectivity index (χ0) is 20.2. The van der Waals surface area contributed by atoms with Gasteiger partial charge in [-0.05, 0) is 30.5 Å². The van der Waals surface area contributed by atoms with Crippen molar-refractivity contribution in [2.45, 2.75) is 38.9 Å². The molecule has 1 N–H and O–H groups in total. The van der Waals surface area contributed by atoms with Crippen LogP contribution in [0.1, 0.15) is 30.1 Å². The van der Waals surface area contributed by atoms with Crippen molar-refractivity contribution < 1.29 is 4.79 Å². The van der Waals surface area contributed by atoms with E-state index in [1.807, 2.05) is 34.1 Å². The average Bonchev–Trinajstić information content (AvgIpc) is 3.15. The van der Waals surface area contributed by atoms with Gasteiger partial charge < -0.3 is 19.7 Å². The fourth-order valence-corrected chi connectivity index (χ4v) is 3.98. The lowest BCUT2D eigenvalue weighted by atomic mass is 10.2. The summed E-state index contributed by atoms with van der Waals surface area (Å²) in [6.07, 6.45) is 3.33. The number of hydrogen-bond donors (Lipinski definition) is 1. The summed E-state index contributed by atoms with van der Waals surface area (Å²) in [7, 11) is 1.74. The van der Waals surface area contributed by atoms with Gasteiger partial charge in [0, 0.05) is 44.7 Å². The van der Waals surface area contributed by atoms with Crippen LogP contribution in [0.25, 0.3) is 0 Å². The van der Waals surface area contributed by atoms with Crippen LogP contribution < -0.4 is 5.32 Å². The Morgan fingerprint density at radius 2 is 2.00 bits per heavy atom. The lowest BCUT2D eigenvalue weighted by Crippen LogP contribution is -2.54. The minimum Gasteiger partial charge on any atom is -0.349 e. The molecule has 1 fully saturated rings. The second-order valence-corrected chi connectivity index (χ2v) is 7.84. The summed E-state index contributed by atoms with van der Waals surface area (Å²) in [5.74, 6) is 2.80. The maximum absolute atomic E-state index is 12.7. The number of aryl methyl sites for hydroxylation is 1. The Balaban J connectivity index is 1.33. The van der Waals surface area contributed by atoms with Crippen molar-refractivity contribution in [2.75, 3.05) is 26.7 Å². The van der Waals surface area contributed by atoms with Crippen molar-refractivity contribution >= 4 is 23.5 Å². The van der Waals surface area contributed by atoms with Crippen molar-refractivity contribution in [3.05, 3.63) is 46.5 Å². The zero-order valence-corrected chi connectivity index (χ0v) is 17.4. The first-order valence-electron chi connectivity index (χ1n) is 10.0. The summed E-state index contributed by atoms with van der Waals surface area (Å²) >= 11 is 5.94. The van der Waals surface area contributed by atoms with Gasteiger partial charge in [0.1, 0.15) is 5.82 Å². The highest BCUT2D eigenvalue weighted by Crippen LogP contribution is 2.15. The number of fused-ring (bicyclic) bond motifs is 1. The predicted octanol–water partition coefficient (Wildman–Crippen LogP) is 1.69. The number of amides is 1. The summed E-state index contributed by atoms with van der Waals surface area (Å²) < 4.78 is 2.19. The first-order chi connectivity index (χ1) is 14.1. The second-order valence-electron chi connectivity index (χ2n) is 7.41. The van der Waals surface area contributed by atoms with Gasteiger partial charge in [-0.1, -0.05) is 23.7 Å². The highest BCUT2D eigenvalue weighted by Gasteiger charge is 2.26. The molecular weight excluding hydrogens is 390 g/mol. The molecule has 1 aromatic heterocycles. The van der Waals surface area contributed by atoms with E-state index in [1.54, 1.807) is 7.05 Å². The van der Waals surface area contributed by atoms with Crippen LogP contribution in [-0.4, -0.2) is 63.1 Å². The Kier molecular flexibility index (Phi) is 5.99. The van der Waals surface area contributed by atoms with Crippen molar-refractivity contribution in [3.8, 4) is 0 Å². The van der Waals surface area contributed by atoms with Crippen LogP contribution in [0.2, 0.25) is 5.02 Å². The molecule has 0 saturated carbocycles. The van der Waals surface area contributed by atoms with Gasteiger partial charge in [-0.15, -0.1) is 10.2 Å². The van der Waals surface area contributed by atoms with Crippen LogP contribution in [-0.2, 0) is 30.8 Å². The molecule has 1 aromatic carbocycles. The number of rotatable bonds is 4. The molecular formula is C20H26ClN7O. The van der Waals surface area contributed by atoms with E-state index < -0.39 is 0 Å². The third-order valence-corrected chi connectivity index (χ3v) is 5.71. The summed E-state index contributed by atoms with van der Waals surface area (Å²) in [4.78, 5) is 20.9. The highest BCUT2D eigenvalue weighted by molar-refractivity contribution is 6.30. The number of carbonyl (C=O) groups is 1. The number of nitrogens with zero attached hydrogens (tertiary/aromatic N) is 6. The molecule has 8 nitrogen and oxygen atoms in total. The normalized spacial score (nSPS) is 17.4. The topological polar surface area (TPSA) is 78.7 Å². The third kappa shape index (κ3) is 4.53. The molecule has 154 valence electrons. The molecule has 0 spiro atoms. The summed E-state index contributed by atoms with van der Waals surface area (Å²) in [6.45, 7) is 3.82. The molecule has 2 aliphatic rings.